The molecular formula is C15H19LiSi. The van der Waals surface area contributed by atoms with Gasteiger partial charge >= 0.3 is 116 Å². The molecule has 0 unspecified atom stereocenters. The van der Waals surface area contributed by atoms with E-state index in [-0.39, 0.29) is 0 Å². The second kappa shape index (κ2) is 6.86. The summed E-state index contributed by atoms with van der Waals surface area (Å²) in [7, 11) is -1.55. The zero-order valence-corrected chi connectivity index (χ0v) is 11.8. The summed E-state index contributed by atoms with van der Waals surface area (Å²) in [5, 5.41) is 1.49. The van der Waals surface area contributed by atoms with Gasteiger partial charge < -0.3 is 0 Å². The Morgan fingerprint density at radius 2 is 1.29 bits per heavy atom. The molecule has 0 aliphatic carbocycles. The van der Waals surface area contributed by atoms with Gasteiger partial charge in [0.15, 0.2) is 0 Å². The predicted octanol–water partition coefficient (Wildman–Crippen LogP) is 2.69. The molecule has 0 spiro atoms. The molecule has 0 saturated carbocycles. The predicted molar refractivity (Wildman–Crippen MR) is 82.2 cm³/mol. The van der Waals surface area contributed by atoms with E-state index in [1.807, 2.05) is 0 Å². The summed E-state index contributed by atoms with van der Waals surface area (Å²) < 4.78 is 1.31. The molecule has 0 N–H and O–H groups in total. The van der Waals surface area contributed by atoms with Crippen LogP contribution in [0.3, 0.4) is 0 Å². The second-order valence-electron chi connectivity index (χ2n) is 4.62. The van der Waals surface area contributed by atoms with Gasteiger partial charge in [-0.2, -0.15) is 0 Å². The Hall–Kier alpha value is -0.746. The van der Waals surface area contributed by atoms with Gasteiger partial charge in [-0.1, -0.05) is 0 Å². The minimum atomic E-state index is -1.55. The van der Waals surface area contributed by atoms with Crippen molar-refractivity contribution in [2.24, 2.45) is 0 Å². The van der Waals surface area contributed by atoms with Crippen molar-refractivity contribution in [2.75, 3.05) is 0 Å². The summed E-state index contributed by atoms with van der Waals surface area (Å²) in [6.45, 7) is 11.8. The molecule has 84 valence electrons. The second-order valence-corrected chi connectivity index (χ2v) is 8.99. The van der Waals surface area contributed by atoms with Crippen molar-refractivity contribution in [1.82, 2.24) is 0 Å². The van der Waals surface area contributed by atoms with Gasteiger partial charge in [-0.05, 0) is 0 Å². The van der Waals surface area contributed by atoms with Gasteiger partial charge in [-0.15, -0.1) is 0 Å². The summed E-state index contributed by atoms with van der Waals surface area (Å²) in [5.41, 5.74) is 0. The fourth-order valence-corrected chi connectivity index (χ4v) is 6.08. The third-order valence-corrected chi connectivity index (χ3v) is 8.04. The first-order valence-corrected chi connectivity index (χ1v) is 8.70. The molecule has 0 radical (unpaired) electrons. The summed E-state index contributed by atoms with van der Waals surface area (Å²) in [6.07, 6.45) is 6.16. The van der Waals surface area contributed by atoms with Gasteiger partial charge in [0, 0.05) is 0 Å². The Morgan fingerprint density at radius 3 is 1.65 bits per heavy atom. The molecule has 0 aliphatic heterocycles. The molecular weight excluding hydrogens is 215 g/mol. The molecule has 1 aromatic rings. The van der Waals surface area contributed by atoms with Crippen molar-refractivity contribution >= 4 is 35.2 Å². The Morgan fingerprint density at radius 1 is 0.882 bits per heavy atom. The molecule has 0 saturated heterocycles. The summed E-state index contributed by atoms with van der Waals surface area (Å²) >= 11 is 2.13. The topological polar surface area (TPSA) is 0 Å². The molecule has 0 nitrogen and oxygen atoms in total. The molecule has 0 atom stereocenters. The zero-order chi connectivity index (χ0) is 12.7. The first-order chi connectivity index (χ1) is 8.18. The normalized spacial score (nSPS) is 10.9. The van der Waals surface area contributed by atoms with Crippen LogP contribution in [0.25, 0.3) is 0 Å². The quantitative estimate of drug-likeness (QED) is 0.502. The van der Waals surface area contributed by atoms with Crippen molar-refractivity contribution in [3.63, 3.8) is 0 Å². The Labute approximate surface area is 115 Å². The average molecular weight is 234 g/mol. The van der Waals surface area contributed by atoms with E-state index in [2.05, 4.69) is 79.9 Å². The van der Waals surface area contributed by atoms with Gasteiger partial charge in [0.25, 0.3) is 0 Å². The molecule has 2 heteroatoms. The molecule has 0 fully saturated rings. The molecule has 1 aromatic carbocycles. The first kappa shape index (κ1) is 14.3. The van der Waals surface area contributed by atoms with Gasteiger partial charge in [0.2, 0.25) is 0 Å². The Balaban J connectivity index is 3.17. The van der Waals surface area contributed by atoms with Gasteiger partial charge in [-0.3, -0.25) is 0 Å². The molecule has 1 rings (SSSR count). The summed E-state index contributed by atoms with van der Waals surface area (Å²) in [5.74, 6) is 0. The average Bonchev–Trinajstić information content (AvgIpc) is 2.30. The maximum absolute atomic E-state index is 3.92. The van der Waals surface area contributed by atoms with E-state index in [1.54, 1.807) is 0 Å². The van der Waals surface area contributed by atoms with Crippen LogP contribution in [-0.4, -0.2) is 25.8 Å². The zero-order valence-electron chi connectivity index (χ0n) is 10.8. The summed E-state index contributed by atoms with van der Waals surface area (Å²) in [6, 6.07) is 12.2. The van der Waals surface area contributed by atoms with Crippen LogP contribution in [0.5, 0.6) is 0 Å². The minimum absolute atomic E-state index is 1.09. The molecule has 0 aromatic heterocycles. The molecule has 0 amide bonds. The maximum atomic E-state index is 3.92. The molecule has 0 aliphatic rings. The van der Waals surface area contributed by atoms with E-state index in [0.29, 0.717) is 0 Å². The van der Waals surface area contributed by atoms with Gasteiger partial charge in [-0.25, -0.2) is 0 Å². The van der Waals surface area contributed by atoms with E-state index >= 15 is 0 Å². The first-order valence-electron chi connectivity index (χ1n) is 6.08. The van der Waals surface area contributed by atoms with E-state index < -0.39 is 8.07 Å². The van der Waals surface area contributed by atoms with Crippen LogP contribution in [-0.2, 0) is 0 Å². The third-order valence-electron chi connectivity index (χ3n) is 3.27. The summed E-state index contributed by atoms with van der Waals surface area (Å²) in [4.78, 5) is 0. The number of hydrogen-bond acceptors (Lipinski definition) is 0. The van der Waals surface area contributed by atoms with Gasteiger partial charge in [0.05, 0.1) is 0 Å². The van der Waals surface area contributed by atoms with Crippen molar-refractivity contribution in [3.05, 3.63) is 62.2 Å². The van der Waals surface area contributed by atoms with E-state index in [9.17, 15) is 0 Å². The number of benzene rings is 1. The van der Waals surface area contributed by atoms with Crippen molar-refractivity contribution in [2.45, 2.75) is 18.1 Å². The van der Waals surface area contributed by atoms with Crippen LogP contribution < -0.4 is 9.42 Å². The molecule has 0 bridgehead atoms. The number of rotatable bonds is 7. The molecule has 17 heavy (non-hydrogen) atoms. The standard InChI is InChI=1S/C15H19Si.Li/c1-4-12-16(13-5-2,14-6-3)15-10-8-7-9-11-15;/h4-6,8-11H,1-3,12-14H2;. The number of allylic oxidation sites excluding steroid dienone is 3. The van der Waals surface area contributed by atoms with E-state index in [0.717, 1.165) is 18.1 Å². The van der Waals surface area contributed by atoms with Crippen LogP contribution in [0, 0.1) is 0 Å². The van der Waals surface area contributed by atoms with Crippen molar-refractivity contribution < 1.29 is 0 Å². The Bertz CT molecular complexity index is 365. The van der Waals surface area contributed by atoms with Gasteiger partial charge in [0.1, 0.15) is 0 Å². The monoisotopic (exact) mass is 234 g/mol. The van der Waals surface area contributed by atoms with E-state index in [4.69, 9.17) is 0 Å². The fraction of sp³-hybridized carbons (Fsp3) is 0.200. The van der Waals surface area contributed by atoms with Crippen molar-refractivity contribution in [1.29, 1.82) is 0 Å². The third kappa shape index (κ3) is 3.61. The molecule has 0 heterocycles. The Kier molecular flexibility index (Phi) is 5.78. The number of hydrogen-bond donors (Lipinski definition) is 0. The SMILES string of the molecule is [Li][c]1ccc([Si](CC=C)(CC=C)CC=C)cc1. The van der Waals surface area contributed by atoms with Crippen LogP contribution in [0.15, 0.2) is 62.2 Å². The van der Waals surface area contributed by atoms with Crippen LogP contribution in [0.2, 0.25) is 18.1 Å². The fourth-order valence-electron chi connectivity index (χ4n) is 2.34. The van der Waals surface area contributed by atoms with Crippen LogP contribution >= 0.6 is 0 Å². The van der Waals surface area contributed by atoms with E-state index in [1.165, 1.54) is 9.42 Å². The van der Waals surface area contributed by atoms with Crippen molar-refractivity contribution in [3.8, 4) is 0 Å². The van der Waals surface area contributed by atoms with Crippen LogP contribution in [0.1, 0.15) is 0 Å². The van der Waals surface area contributed by atoms with Crippen LogP contribution in [0.4, 0.5) is 0 Å².